The molecule has 9 aromatic rings. The quantitative estimate of drug-likeness (QED) is 0.176. The smallest absolute Gasteiger partial charge is 0.164 e. The maximum atomic E-state index is 5.22. The molecule has 0 saturated carbocycles. The summed E-state index contributed by atoms with van der Waals surface area (Å²) in [5, 5.41) is 0. The fourth-order valence-corrected chi connectivity index (χ4v) is 8.62. The second-order valence-corrected chi connectivity index (χ2v) is 15.1. The normalized spacial score (nSPS) is 11.7. The first kappa shape index (κ1) is 34.4. The molecule has 0 fully saturated rings. The van der Waals surface area contributed by atoms with Crippen molar-refractivity contribution in [2.75, 3.05) is 0 Å². The number of rotatable bonds is 5. The Labute approximate surface area is 337 Å². The zero-order valence-corrected chi connectivity index (χ0v) is 31.8. The average molecular weight is 746 g/mol. The van der Waals surface area contributed by atoms with Gasteiger partial charge in [-0.1, -0.05) is 194 Å². The van der Waals surface area contributed by atoms with Crippen molar-refractivity contribution in [1.82, 2.24) is 15.0 Å². The third kappa shape index (κ3) is 6.99. The van der Waals surface area contributed by atoms with Gasteiger partial charge in [0.05, 0.1) is 0 Å². The molecule has 1 aromatic heterocycles. The summed E-state index contributed by atoms with van der Waals surface area (Å²) in [6, 6.07) is 70.4. The van der Waals surface area contributed by atoms with Crippen LogP contribution in [0.2, 0.25) is 0 Å². The Morgan fingerprint density at radius 1 is 0.263 bits per heavy atom. The molecule has 4 heteroatoms. The molecule has 0 unspecified atom stereocenters. The molecule has 8 aromatic carbocycles. The van der Waals surface area contributed by atoms with Crippen LogP contribution in [0.1, 0.15) is 11.1 Å². The van der Waals surface area contributed by atoms with Crippen molar-refractivity contribution in [2.45, 2.75) is 9.79 Å². The lowest BCUT2D eigenvalue weighted by molar-refractivity contribution is 1.07. The largest absolute Gasteiger partial charge is 0.208 e. The van der Waals surface area contributed by atoms with Crippen LogP contribution in [0.5, 0.6) is 0 Å². The van der Waals surface area contributed by atoms with E-state index in [1.54, 1.807) is 11.8 Å². The number of nitrogens with zero attached hydrogens (tertiary/aromatic N) is 3. The van der Waals surface area contributed by atoms with Gasteiger partial charge in [0.25, 0.3) is 0 Å². The van der Waals surface area contributed by atoms with E-state index in [1.807, 2.05) is 12.1 Å². The van der Waals surface area contributed by atoms with Gasteiger partial charge in [-0.05, 0) is 86.0 Å². The van der Waals surface area contributed by atoms with Crippen LogP contribution in [0.15, 0.2) is 210 Å². The highest BCUT2D eigenvalue weighted by atomic mass is 32.2. The Hall–Kier alpha value is -7.14. The van der Waals surface area contributed by atoms with Crippen molar-refractivity contribution in [2.24, 2.45) is 0 Å². The second kappa shape index (κ2) is 15.2. The van der Waals surface area contributed by atoms with Crippen LogP contribution >= 0.6 is 11.8 Å². The summed E-state index contributed by atoms with van der Waals surface area (Å²) in [5.74, 6) is 1.86. The van der Waals surface area contributed by atoms with Crippen molar-refractivity contribution in [3.8, 4) is 78.7 Å². The lowest BCUT2D eigenvalue weighted by Gasteiger charge is -2.15. The first-order chi connectivity index (χ1) is 28.2. The van der Waals surface area contributed by atoms with Gasteiger partial charge in [0.1, 0.15) is 0 Å². The molecule has 0 bridgehead atoms. The molecule has 0 aliphatic carbocycles. The van der Waals surface area contributed by atoms with Gasteiger partial charge in [-0.25, -0.2) is 15.0 Å². The highest BCUT2D eigenvalue weighted by molar-refractivity contribution is 7.99. The van der Waals surface area contributed by atoms with Gasteiger partial charge in [0.2, 0.25) is 0 Å². The second-order valence-electron chi connectivity index (χ2n) is 14.0. The van der Waals surface area contributed by atoms with E-state index in [1.165, 1.54) is 26.5 Å². The van der Waals surface area contributed by atoms with Crippen LogP contribution in [0.4, 0.5) is 0 Å². The Bertz CT molecular complexity index is 2830. The van der Waals surface area contributed by atoms with Crippen LogP contribution in [0.25, 0.3) is 90.8 Å². The van der Waals surface area contributed by atoms with Crippen LogP contribution in [0, 0.1) is 0 Å². The zero-order chi connectivity index (χ0) is 38.0. The molecule has 0 amide bonds. The van der Waals surface area contributed by atoms with Crippen LogP contribution in [-0.2, 0) is 0 Å². The standard InChI is InChI=1S/C53H35N3S/c1-3-15-36(16-4-1)40-20-13-22-42(33-40)51-54-52(43-23-14-21-41(34-43)37-17-5-2-6-18-37)56-53(55-51)44-32-31-39-30-29-38-19-7-8-24-45(38)46-25-9-11-27-49(46)57-50-28-12-10-26-47(50)48(39)35-44/h1-35H. The maximum Gasteiger partial charge on any atom is 0.164 e. The minimum atomic E-state index is 0.618. The summed E-state index contributed by atoms with van der Waals surface area (Å²) in [7, 11) is 0. The van der Waals surface area contributed by atoms with Crippen molar-refractivity contribution < 1.29 is 0 Å². The number of hydrogen-bond donors (Lipinski definition) is 0. The van der Waals surface area contributed by atoms with Gasteiger partial charge in [-0.2, -0.15) is 0 Å². The molecule has 57 heavy (non-hydrogen) atoms. The highest BCUT2D eigenvalue weighted by Crippen LogP contribution is 2.44. The van der Waals surface area contributed by atoms with Crippen molar-refractivity contribution in [3.05, 3.63) is 211 Å². The minimum Gasteiger partial charge on any atom is -0.208 e. The summed E-state index contributed by atoms with van der Waals surface area (Å²) < 4.78 is 0. The topological polar surface area (TPSA) is 38.7 Å². The summed E-state index contributed by atoms with van der Waals surface area (Å²) in [4.78, 5) is 18.0. The third-order valence-electron chi connectivity index (χ3n) is 10.4. The number of aromatic nitrogens is 3. The van der Waals surface area contributed by atoms with Crippen LogP contribution < -0.4 is 0 Å². The number of fused-ring (bicyclic) bond motifs is 6. The fraction of sp³-hybridized carbons (Fsp3) is 0. The van der Waals surface area contributed by atoms with Crippen molar-refractivity contribution in [3.63, 3.8) is 0 Å². The molecule has 0 atom stereocenters. The summed E-state index contributed by atoms with van der Waals surface area (Å²) in [6.07, 6.45) is 4.48. The molecule has 0 N–H and O–H groups in total. The molecule has 0 radical (unpaired) electrons. The summed E-state index contributed by atoms with van der Waals surface area (Å²) >= 11 is 1.81. The maximum absolute atomic E-state index is 5.22. The van der Waals surface area contributed by atoms with Gasteiger partial charge < -0.3 is 0 Å². The third-order valence-corrected chi connectivity index (χ3v) is 11.5. The Morgan fingerprint density at radius 3 is 1.23 bits per heavy atom. The van der Waals surface area contributed by atoms with E-state index in [4.69, 9.17) is 15.0 Å². The highest BCUT2D eigenvalue weighted by Gasteiger charge is 2.19. The molecule has 10 rings (SSSR count). The summed E-state index contributed by atoms with van der Waals surface area (Å²) in [6.45, 7) is 0. The van der Waals surface area contributed by atoms with Crippen LogP contribution in [0.3, 0.4) is 0 Å². The monoisotopic (exact) mass is 745 g/mol. The van der Waals surface area contributed by atoms with Gasteiger partial charge in [-0.3, -0.25) is 0 Å². The van der Waals surface area contributed by atoms with Crippen LogP contribution in [-0.4, -0.2) is 15.0 Å². The average Bonchev–Trinajstić information content (AvgIpc) is 3.31. The SMILES string of the molecule is C1=Cc2ccc(-c3nc(-c4cccc(-c5ccccc5)c4)nc(-c4cccc(-c5ccccc5)c4)n3)cc2-c2ccccc2Sc2ccccc2-c2ccccc21. The minimum absolute atomic E-state index is 0.618. The molecule has 1 aliphatic rings. The zero-order valence-electron chi connectivity index (χ0n) is 31.0. The van der Waals surface area contributed by atoms with Crippen molar-refractivity contribution in [1.29, 1.82) is 0 Å². The van der Waals surface area contributed by atoms with Gasteiger partial charge >= 0.3 is 0 Å². The molecule has 268 valence electrons. The van der Waals surface area contributed by atoms with E-state index >= 15 is 0 Å². The first-order valence-electron chi connectivity index (χ1n) is 19.1. The molecule has 0 saturated heterocycles. The van der Waals surface area contributed by atoms with E-state index in [0.717, 1.165) is 55.6 Å². The lowest BCUT2D eigenvalue weighted by Crippen LogP contribution is -2.01. The van der Waals surface area contributed by atoms with Gasteiger partial charge in [-0.15, -0.1) is 0 Å². The lowest BCUT2D eigenvalue weighted by atomic mass is 9.95. The van der Waals surface area contributed by atoms with Gasteiger partial charge in [0, 0.05) is 26.5 Å². The predicted molar refractivity (Wildman–Crippen MR) is 237 cm³/mol. The molecular formula is C53H35N3S. The number of hydrogen-bond acceptors (Lipinski definition) is 4. The number of benzene rings is 8. The Kier molecular flexibility index (Phi) is 9.15. The Balaban J connectivity index is 1.16. The molecule has 3 nitrogen and oxygen atoms in total. The first-order valence-corrected chi connectivity index (χ1v) is 19.9. The van der Waals surface area contributed by atoms with Crippen molar-refractivity contribution >= 4 is 23.9 Å². The van der Waals surface area contributed by atoms with E-state index < -0.39 is 0 Å². The van der Waals surface area contributed by atoms with Gasteiger partial charge in [0.15, 0.2) is 17.5 Å². The van der Waals surface area contributed by atoms with E-state index in [2.05, 4.69) is 200 Å². The molecular weight excluding hydrogens is 711 g/mol. The predicted octanol–water partition coefficient (Wildman–Crippen LogP) is 14.2. The molecule has 0 spiro atoms. The molecule has 1 aliphatic heterocycles. The summed E-state index contributed by atoms with van der Waals surface area (Å²) in [5.41, 5.74) is 14.3. The van der Waals surface area contributed by atoms with E-state index in [-0.39, 0.29) is 0 Å². The van der Waals surface area contributed by atoms with E-state index in [9.17, 15) is 0 Å². The Morgan fingerprint density at radius 2 is 0.667 bits per heavy atom. The molecule has 2 heterocycles. The van der Waals surface area contributed by atoms with E-state index in [0.29, 0.717) is 17.5 Å². The fourth-order valence-electron chi connectivity index (χ4n) is 7.52.